The molecule has 1 aromatic carbocycles. The Bertz CT molecular complexity index is 1500. The summed E-state index contributed by atoms with van der Waals surface area (Å²) in [5.74, 6) is -1.93. The summed E-state index contributed by atoms with van der Waals surface area (Å²) in [7, 11) is 0. The van der Waals surface area contributed by atoms with Gasteiger partial charge < -0.3 is 14.9 Å². The van der Waals surface area contributed by atoms with Gasteiger partial charge in [-0.05, 0) is 117 Å². The Balaban J connectivity index is 2.10. The molecule has 1 spiro atoms. The molecule has 2 aliphatic carbocycles. The Morgan fingerprint density at radius 3 is 1.93 bits per heavy atom. The zero-order valence-corrected chi connectivity index (χ0v) is 28.2. The van der Waals surface area contributed by atoms with Gasteiger partial charge in [-0.3, -0.25) is 14.4 Å². The number of ketones is 3. The summed E-state index contributed by atoms with van der Waals surface area (Å²) in [6, 6.07) is 3.81. The largest absolute Gasteiger partial charge is 0.504 e. The zero-order chi connectivity index (χ0) is 33.0. The molecule has 1 aliphatic heterocycles. The van der Waals surface area contributed by atoms with Crippen molar-refractivity contribution in [2.24, 2.45) is 28.1 Å². The first-order chi connectivity index (χ1) is 20.3. The molecule has 6 nitrogen and oxygen atoms in total. The predicted octanol–water partition coefficient (Wildman–Crippen LogP) is 8.59. The molecule has 2 fully saturated rings. The van der Waals surface area contributed by atoms with E-state index >= 15 is 9.59 Å². The number of aromatic hydroxyl groups is 2. The maximum Gasteiger partial charge on any atom is 0.200 e. The standard InChI is InChI=1S/C38H50O6/c1-22(2)11-14-26-20-37-21-27(15-12-23(3)4)36(9,10)44-33(37)30(31(41)25-13-16-28(39)29(40)19-25)32(42)38(34(37)43,35(26,7)8)18-17-24(5)6/h11-13,16-17,19,26-27,39-40H,14-15,18,20-21H2,1-10H3/t26-,27+,37?,38?/m1/s1. The Hall–Kier alpha value is -3.41. The Labute approximate surface area is 263 Å². The molecule has 2 unspecified atom stereocenters. The monoisotopic (exact) mass is 602 g/mol. The summed E-state index contributed by atoms with van der Waals surface area (Å²) in [4.78, 5) is 44.9. The van der Waals surface area contributed by atoms with Gasteiger partial charge in [0.2, 0.25) is 0 Å². The van der Waals surface area contributed by atoms with Gasteiger partial charge in [0.05, 0.1) is 5.41 Å². The van der Waals surface area contributed by atoms with Gasteiger partial charge in [-0.2, -0.15) is 0 Å². The summed E-state index contributed by atoms with van der Waals surface area (Å²) >= 11 is 0. The second-order valence-corrected chi connectivity index (χ2v) is 15.1. The molecule has 0 radical (unpaired) electrons. The summed E-state index contributed by atoms with van der Waals surface area (Å²) in [5.41, 5.74) is -0.866. The number of ether oxygens (including phenoxy) is 1. The lowest BCUT2D eigenvalue weighted by Gasteiger charge is -2.64. The van der Waals surface area contributed by atoms with Crippen molar-refractivity contribution in [3.63, 3.8) is 0 Å². The minimum absolute atomic E-state index is 0.0251. The van der Waals surface area contributed by atoms with E-state index in [0.717, 1.165) is 5.57 Å². The first-order valence-corrected chi connectivity index (χ1v) is 15.8. The van der Waals surface area contributed by atoms with Crippen LogP contribution in [0.2, 0.25) is 0 Å². The maximum atomic E-state index is 15.3. The molecule has 0 aromatic heterocycles. The quantitative estimate of drug-likeness (QED) is 0.102. The highest BCUT2D eigenvalue weighted by molar-refractivity contribution is 6.35. The molecule has 1 saturated heterocycles. The number of allylic oxidation sites excluding steroid dienone is 8. The lowest BCUT2D eigenvalue weighted by Crippen LogP contribution is -2.69. The van der Waals surface area contributed by atoms with Crippen molar-refractivity contribution < 1.29 is 29.3 Å². The zero-order valence-electron chi connectivity index (χ0n) is 28.2. The van der Waals surface area contributed by atoms with E-state index in [9.17, 15) is 15.0 Å². The van der Waals surface area contributed by atoms with Crippen LogP contribution in [0.3, 0.4) is 0 Å². The van der Waals surface area contributed by atoms with E-state index in [2.05, 4.69) is 39.8 Å². The first-order valence-electron chi connectivity index (χ1n) is 15.8. The molecule has 44 heavy (non-hydrogen) atoms. The van der Waals surface area contributed by atoms with Gasteiger partial charge in [0.25, 0.3) is 0 Å². The highest BCUT2D eigenvalue weighted by Gasteiger charge is 2.74. The molecule has 3 aliphatic rings. The number of rotatable bonds is 8. The van der Waals surface area contributed by atoms with Crippen molar-refractivity contribution in [2.75, 3.05) is 0 Å². The number of phenols is 2. The molecular formula is C38H50O6. The van der Waals surface area contributed by atoms with Crippen LogP contribution < -0.4 is 0 Å². The maximum absolute atomic E-state index is 15.3. The van der Waals surface area contributed by atoms with Crippen LogP contribution in [-0.2, 0) is 14.3 Å². The number of hydrogen-bond donors (Lipinski definition) is 2. The van der Waals surface area contributed by atoms with Gasteiger partial charge in [-0.1, -0.05) is 48.8 Å². The molecule has 0 amide bonds. The molecule has 2 N–H and O–H groups in total. The SMILES string of the molecule is CC(C)=CC[C@H]1CC23C[C@@H](CC=C(C)C)C(C)(C)C(CC=C(C)C)(C(=O)C(C(=O)c4ccc(O)c(O)c4)=C2OC1(C)C)C3=O. The van der Waals surface area contributed by atoms with Crippen LogP contribution >= 0.6 is 0 Å². The van der Waals surface area contributed by atoms with Crippen molar-refractivity contribution in [1.29, 1.82) is 0 Å². The molecule has 1 saturated carbocycles. The fourth-order valence-corrected chi connectivity index (χ4v) is 7.72. The van der Waals surface area contributed by atoms with E-state index in [1.807, 2.05) is 47.6 Å². The highest BCUT2D eigenvalue weighted by Crippen LogP contribution is 2.69. The van der Waals surface area contributed by atoms with Gasteiger partial charge >= 0.3 is 0 Å². The number of benzene rings is 1. The number of carbonyl (C=O) groups excluding carboxylic acids is 3. The van der Waals surface area contributed by atoms with Crippen LogP contribution in [0.5, 0.6) is 11.5 Å². The lowest BCUT2D eigenvalue weighted by atomic mass is 9.39. The molecule has 238 valence electrons. The van der Waals surface area contributed by atoms with E-state index in [1.54, 1.807) is 0 Å². The topological polar surface area (TPSA) is 101 Å². The number of phenolic OH excluding ortho intramolecular Hbond substituents is 2. The Kier molecular flexibility index (Phi) is 8.75. The van der Waals surface area contributed by atoms with Gasteiger partial charge in [-0.15, -0.1) is 0 Å². The molecule has 1 aromatic rings. The van der Waals surface area contributed by atoms with E-state index in [0.29, 0.717) is 25.7 Å². The number of carbonyl (C=O) groups is 3. The van der Waals surface area contributed by atoms with Crippen LogP contribution in [0, 0.1) is 28.1 Å². The van der Waals surface area contributed by atoms with Crippen molar-refractivity contribution in [1.82, 2.24) is 0 Å². The van der Waals surface area contributed by atoms with Gasteiger partial charge in [0, 0.05) is 11.5 Å². The third-order valence-corrected chi connectivity index (χ3v) is 10.7. The van der Waals surface area contributed by atoms with E-state index in [4.69, 9.17) is 4.74 Å². The highest BCUT2D eigenvalue weighted by atomic mass is 16.5. The lowest BCUT2D eigenvalue weighted by molar-refractivity contribution is -0.188. The fourth-order valence-electron chi connectivity index (χ4n) is 7.72. The smallest absolute Gasteiger partial charge is 0.200 e. The van der Waals surface area contributed by atoms with Gasteiger partial charge in [0.15, 0.2) is 28.8 Å². The van der Waals surface area contributed by atoms with Crippen LogP contribution in [-0.4, -0.2) is 33.2 Å². The third kappa shape index (κ3) is 5.28. The van der Waals surface area contributed by atoms with Crippen molar-refractivity contribution >= 4 is 17.3 Å². The predicted molar refractivity (Wildman–Crippen MR) is 173 cm³/mol. The summed E-state index contributed by atoms with van der Waals surface area (Å²) in [5, 5.41) is 20.2. The minimum Gasteiger partial charge on any atom is -0.504 e. The van der Waals surface area contributed by atoms with E-state index < -0.39 is 39.2 Å². The van der Waals surface area contributed by atoms with Gasteiger partial charge in [0.1, 0.15) is 22.3 Å². The van der Waals surface area contributed by atoms with Crippen LogP contribution in [0.1, 0.15) is 112 Å². The van der Waals surface area contributed by atoms with Crippen LogP contribution in [0.15, 0.2) is 64.5 Å². The molecule has 1 heterocycles. The van der Waals surface area contributed by atoms with Crippen molar-refractivity contribution in [3.05, 3.63) is 70.0 Å². The second kappa shape index (κ2) is 11.5. The normalized spacial score (nSPS) is 28.4. The number of Topliss-reactive ketones (excluding diaryl/α,β-unsaturated/α-hetero) is 3. The molecule has 4 rings (SSSR count). The average Bonchev–Trinajstić information content (AvgIpc) is 2.91. The summed E-state index contributed by atoms with van der Waals surface area (Å²) in [6.07, 6.45) is 8.89. The first kappa shape index (κ1) is 33.5. The molecule has 4 atom stereocenters. The van der Waals surface area contributed by atoms with E-state index in [-0.39, 0.29) is 46.7 Å². The molecular weight excluding hydrogens is 552 g/mol. The summed E-state index contributed by atoms with van der Waals surface area (Å²) < 4.78 is 6.81. The molecule has 6 heteroatoms. The third-order valence-electron chi connectivity index (χ3n) is 10.7. The number of hydrogen-bond acceptors (Lipinski definition) is 6. The van der Waals surface area contributed by atoms with Crippen LogP contribution in [0.25, 0.3) is 0 Å². The van der Waals surface area contributed by atoms with Crippen LogP contribution in [0.4, 0.5) is 0 Å². The average molecular weight is 603 g/mol. The second-order valence-electron chi connectivity index (χ2n) is 15.1. The number of fused-ring (bicyclic) bond motifs is 1. The summed E-state index contributed by atoms with van der Waals surface area (Å²) in [6.45, 7) is 20.1. The fraction of sp³-hybridized carbons (Fsp3) is 0.553. The molecule has 2 bridgehead atoms. The Morgan fingerprint density at radius 1 is 0.841 bits per heavy atom. The van der Waals surface area contributed by atoms with Crippen molar-refractivity contribution in [3.8, 4) is 11.5 Å². The Morgan fingerprint density at radius 2 is 1.39 bits per heavy atom. The minimum atomic E-state index is -1.48. The van der Waals surface area contributed by atoms with E-state index in [1.165, 1.54) is 29.3 Å². The van der Waals surface area contributed by atoms with Gasteiger partial charge in [-0.25, -0.2) is 0 Å². The van der Waals surface area contributed by atoms with Crippen molar-refractivity contribution in [2.45, 2.75) is 107 Å².